The van der Waals surface area contributed by atoms with Crippen molar-refractivity contribution < 1.29 is 5.11 Å². The normalized spacial score (nSPS) is 12.1. The lowest BCUT2D eigenvalue weighted by atomic mass is 10.2. The maximum absolute atomic E-state index is 9.59. The molecule has 1 unspecified atom stereocenters. The summed E-state index contributed by atoms with van der Waals surface area (Å²) in [6, 6.07) is 8.29. The highest BCUT2D eigenvalue weighted by atomic mass is 32.2. The number of hydrogen-bond donors (Lipinski definition) is 1. The molecule has 0 spiro atoms. The van der Waals surface area contributed by atoms with Crippen LogP contribution in [0.1, 0.15) is 18.4 Å². The molecule has 80 valence electrons. The Morgan fingerprint density at radius 2 is 2.33 bits per heavy atom. The monoisotopic (exact) mass is 220 g/mol. The molecule has 1 N–H and O–H groups in total. The molecule has 0 radical (unpaired) electrons. The van der Waals surface area contributed by atoms with E-state index in [-0.39, 0.29) is 6.10 Å². The molecule has 1 aromatic carbocycles. The Morgan fingerprint density at radius 1 is 1.53 bits per heavy atom. The fourth-order valence-electron chi connectivity index (χ4n) is 1.23. The zero-order chi connectivity index (χ0) is 11.1. The number of aliphatic hydroxyl groups is 1. The summed E-state index contributed by atoms with van der Waals surface area (Å²) in [4.78, 5) is 1.20. The maximum atomic E-state index is 9.59. The van der Waals surface area contributed by atoms with Gasteiger partial charge in [-0.3, -0.25) is 0 Å². The molecule has 0 saturated carbocycles. The average molecular weight is 220 g/mol. The van der Waals surface area contributed by atoms with Gasteiger partial charge in [-0.05, 0) is 25.5 Å². The van der Waals surface area contributed by atoms with Crippen molar-refractivity contribution in [3.05, 3.63) is 29.8 Å². The molecule has 15 heavy (non-hydrogen) atoms. The van der Waals surface area contributed by atoms with Crippen LogP contribution >= 0.6 is 11.8 Å². The lowest BCUT2D eigenvalue weighted by Gasteiger charge is -2.08. The molecule has 2 heteroatoms. The Hall–Kier alpha value is -0.910. The molecule has 0 fully saturated rings. The minimum atomic E-state index is -0.299. The summed E-state index contributed by atoms with van der Waals surface area (Å²) in [6.45, 7) is 2.07. The number of terminal acetylenes is 1. The number of rotatable bonds is 5. The molecule has 0 heterocycles. The van der Waals surface area contributed by atoms with Gasteiger partial charge in [0.15, 0.2) is 0 Å². The third kappa shape index (κ3) is 4.92. The van der Waals surface area contributed by atoms with Crippen LogP contribution < -0.4 is 0 Å². The minimum absolute atomic E-state index is 0.299. The molecule has 0 bridgehead atoms. The van der Waals surface area contributed by atoms with Gasteiger partial charge in [-0.25, -0.2) is 0 Å². The van der Waals surface area contributed by atoms with Crippen molar-refractivity contribution in [2.24, 2.45) is 0 Å². The second-order valence-corrected chi connectivity index (χ2v) is 4.62. The van der Waals surface area contributed by atoms with Gasteiger partial charge in [0.1, 0.15) is 0 Å². The Kier molecular flexibility index (Phi) is 5.31. The summed E-state index contributed by atoms with van der Waals surface area (Å²) in [6.07, 6.45) is 6.17. The van der Waals surface area contributed by atoms with E-state index in [1.807, 2.05) is 6.07 Å². The summed E-state index contributed by atoms with van der Waals surface area (Å²) >= 11 is 1.67. The number of aryl methyl sites for hydroxylation is 1. The van der Waals surface area contributed by atoms with Crippen molar-refractivity contribution >= 4 is 11.8 Å². The van der Waals surface area contributed by atoms with Gasteiger partial charge in [-0.1, -0.05) is 17.7 Å². The molecule has 0 saturated heterocycles. The van der Waals surface area contributed by atoms with E-state index in [0.29, 0.717) is 18.6 Å². The van der Waals surface area contributed by atoms with Gasteiger partial charge in [-0.15, -0.1) is 24.1 Å². The predicted molar refractivity (Wildman–Crippen MR) is 66.0 cm³/mol. The first-order chi connectivity index (χ1) is 7.22. The van der Waals surface area contributed by atoms with E-state index in [9.17, 15) is 5.11 Å². The zero-order valence-corrected chi connectivity index (χ0v) is 9.76. The SMILES string of the molecule is C#CCCC(O)CSc1cccc(C)c1. The third-order valence-electron chi connectivity index (χ3n) is 2.05. The van der Waals surface area contributed by atoms with Gasteiger partial charge in [0.05, 0.1) is 6.10 Å². The van der Waals surface area contributed by atoms with Crippen molar-refractivity contribution in [3.8, 4) is 12.3 Å². The number of benzene rings is 1. The molecule has 1 aromatic rings. The molecule has 0 aliphatic heterocycles. The Labute approximate surface area is 95.9 Å². The first-order valence-corrected chi connectivity index (χ1v) is 6.02. The Morgan fingerprint density at radius 3 is 3.00 bits per heavy atom. The minimum Gasteiger partial charge on any atom is -0.392 e. The summed E-state index contributed by atoms with van der Waals surface area (Å²) in [5.74, 6) is 3.25. The molecular formula is C13H16OS. The van der Waals surface area contributed by atoms with E-state index in [0.717, 1.165) is 0 Å². The maximum Gasteiger partial charge on any atom is 0.0643 e. The average Bonchev–Trinajstić information content (AvgIpc) is 2.23. The molecule has 1 nitrogen and oxygen atoms in total. The molecule has 0 aliphatic carbocycles. The fourth-order valence-corrected chi connectivity index (χ4v) is 2.23. The van der Waals surface area contributed by atoms with Crippen LogP contribution in [0.15, 0.2) is 29.2 Å². The van der Waals surface area contributed by atoms with E-state index < -0.39 is 0 Å². The van der Waals surface area contributed by atoms with E-state index >= 15 is 0 Å². The number of thioether (sulfide) groups is 1. The quantitative estimate of drug-likeness (QED) is 0.608. The Balaban J connectivity index is 2.34. The molecule has 0 aromatic heterocycles. The van der Waals surface area contributed by atoms with Crippen LogP contribution in [0.25, 0.3) is 0 Å². The van der Waals surface area contributed by atoms with Crippen molar-refractivity contribution in [3.63, 3.8) is 0 Å². The molecule has 0 aliphatic rings. The highest BCUT2D eigenvalue weighted by Crippen LogP contribution is 2.20. The summed E-state index contributed by atoms with van der Waals surface area (Å²) in [7, 11) is 0. The molecule has 1 rings (SSSR count). The second kappa shape index (κ2) is 6.55. The molecule has 1 atom stereocenters. The Bertz CT molecular complexity index is 341. The van der Waals surface area contributed by atoms with Crippen LogP contribution in [0, 0.1) is 19.3 Å². The van der Waals surface area contributed by atoms with Crippen molar-refractivity contribution in [2.75, 3.05) is 5.75 Å². The first-order valence-electron chi connectivity index (χ1n) is 5.03. The van der Waals surface area contributed by atoms with Crippen molar-refractivity contribution in [2.45, 2.75) is 30.8 Å². The lowest BCUT2D eigenvalue weighted by molar-refractivity contribution is 0.191. The first kappa shape index (κ1) is 12.2. The van der Waals surface area contributed by atoms with E-state index in [1.165, 1.54) is 10.5 Å². The van der Waals surface area contributed by atoms with Gasteiger partial charge in [-0.2, -0.15) is 0 Å². The van der Waals surface area contributed by atoms with Crippen LogP contribution in [0.4, 0.5) is 0 Å². The fraction of sp³-hybridized carbons (Fsp3) is 0.385. The summed E-state index contributed by atoms with van der Waals surface area (Å²) < 4.78 is 0. The number of hydrogen-bond acceptors (Lipinski definition) is 2. The molecule has 0 amide bonds. The lowest BCUT2D eigenvalue weighted by Crippen LogP contribution is -2.08. The van der Waals surface area contributed by atoms with Gasteiger partial charge >= 0.3 is 0 Å². The summed E-state index contributed by atoms with van der Waals surface area (Å²) in [5.41, 5.74) is 1.25. The van der Waals surface area contributed by atoms with E-state index in [1.54, 1.807) is 11.8 Å². The van der Waals surface area contributed by atoms with Crippen LogP contribution in [-0.2, 0) is 0 Å². The van der Waals surface area contributed by atoms with Gasteiger partial charge in [0.25, 0.3) is 0 Å². The standard InChI is InChI=1S/C13H16OS/c1-3-4-7-12(14)10-15-13-8-5-6-11(2)9-13/h1,5-6,8-9,12,14H,4,7,10H2,2H3. The van der Waals surface area contributed by atoms with Crippen LogP contribution in [0.3, 0.4) is 0 Å². The van der Waals surface area contributed by atoms with E-state index in [4.69, 9.17) is 6.42 Å². The topological polar surface area (TPSA) is 20.2 Å². The van der Waals surface area contributed by atoms with Crippen LogP contribution in [-0.4, -0.2) is 17.0 Å². The van der Waals surface area contributed by atoms with Gasteiger partial charge < -0.3 is 5.11 Å². The van der Waals surface area contributed by atoms with Crippen LogP contribution in [0.2, 0.25) is 0 Å². The van der Waals surface area contributed by atoms with Crippen molar-refractivity contribution in [1.82, 2.24) is 0 Å². The van der Waals surface area contributed by atoms with Gasteiger partial charge in [0, 0.05) is 17.1 Å². The highest BCUT2D eigenvalue weighted by Gasteiger charge is 2.03. The predicted octanol–water partition coefficient (Wildman–Crippen LogP) is 2.86. The van der Waals surface area contributed by atoms with E-state index in [2.05, 4.69) is 31.0 Å². The number of aliphatic hydroxyl groups excluding tert-OH is 1. The summed E-state index contributed by atoms with van der Waals surface area (Å²) in [5, 5.41) is 9.59. The van der Waals surface area contributed by atoms with Crippen molar-refractivity contribution in [1.29, 1.82) is 0 Å². The zero-order valence-electron chi connectivity index (χ0n) is 8.94. The highest BCUT2D eigenvalue weighted by molar-refractivity contribution is 7.99. The second-order valence-electron chi connectivity index (χ2n) is 3.52. The van der Waals surface area contributed by atoms with Gasteiger partial charge in [0.2, 0.25) is 0 Å². The smallest absolute Gasteiger partial charge is 0.0643 e. The van der Waals surface area contributed by atoms with Crippen LogP contribution in [0.5, 0.6) is 0 Å². The largest absolute Gasteiger partial charge is 0.392 e. The third-order valence-corrected chi connectivity index (χ3v) is 3.19. The molecular weight excluding hydrogens is 204 g/mol.